The molecule has 2 heterocycles. The highest BCUT2D eigenvalue weighted by atomic mass is 32.1. The first-order chi connectivity index (χ1) is 18.3. The van der Waals surface area contributed by atoms with Crippen LogP contribution in [-0.4, -0.2) is 55.5 Å². The highest BCUT2D eigenvalue weighted by Crippen LogP contribution is 2.26. The van der Waals surface area contributed by atoms with E-state index >= 15 is 0 Å². The number of fused-ring (bicyclic) bond motifs is 2. The highest BCUT2D eigenvalue weighted by Gasteiger charge is 2.24. The van der Waals surface area contributed by atoms with E-state index in [1.807, 2.05) is 54.6 Å². The summed E-state index contributed by atoms with van der Waals surface area (Å²) in [5.74, 6) is -1.77. The molecule has 0 bridgehead atoms. The number of benzene rings is 2. The van der Waals surface area contributed by atoms with Gasteiger partial charge in [0.2, 0.25) is 11.8 Å². The molecule has 0 radical (unpaired) electrons. The fraction of sp³-hybridized carbons (Fsp3) is 0.222. The summed E-state index contributed by atoms with van der Waals surface area (Å²) >= 11 is 2.69. The van der Waals surface area contributed by atoms with Crippen molar-refractivity contribution in [2.45, 2.75) is 24.9 Å². The van der Waals surface area contributed by atoms with Crippen LogP contribution >= 0.6 is 22.7 Å². The highest BCUT2D eigenvalue weighted by molar-refractivity contribution is 7.21. The maximum atomic E-state index is 13.0. The Balaban J connectivity index is 1.40. The summed E-state index contributed by atoms with van der Waals surface area (Å²) in [4.78, 5) is 55.2. The van der Waals surface area contributed by atoms with Crippen LogP contribution in [0.25, 0.3) is 20.2 Å². The van der Waals surface area contributed by atoms with E-state index in [4.69, 9.17) is 5.73 Å². The largest absolute Gasteiger partial charge is 0.370 e. The van der Waals surface area contributed by atoms with E-state index in [-0.39, 0.29) is 25.3 Å². The zero-order chi connectivity index (χ0) is 27.1. The number of nitrogens with two attached hydrogens (primary N) is 1. The average Bonchev–Trinajstić information content (AvgIpc) is 3.54. The van der Waals surface area contributed by atoms with Gasteiger partial charge in [0.15, 0.2) is 0 Å². The van der Waals surface area contributed by atoms with Crippen LogP contribution in [0.5, 0.6) is 0 Å². The number of aliphatic imine (C=N–C) groups is 1. The predicted molar refractivity (Wildman–Crippen MR) is 152 cm³/mol. The molecule has 9 nitrogen and oxygen atoms in total. The normalized spacial score (nSPS) is 12.9. The number of hydrogen-bond acceptors (Lipinski definition) is 7. The Morgan fingerprint density at radius 2 is 1.45 bits per heavy atom. The molecular weight excluding hydrogens is 522 g/mol. The van der Waals surface area contributed by atoms with E-state index in [0.29, 0.717) is 9.75 Å². The molecule has 4 aromatic rings. The topological polar surface area (TPSA) is 143 Å². The minimum absolute atomic E-state index is 0.0402. The van der Waals surface area contributed by atoms with Gasteiger partial charge in [-0.3, -0.25) is 24.2 Å². The fourth-order valence-electron chi connectivity index (χ4n) is 3.87. The van der Waals surface area contributed by atoms with Crippen molar-refractivity contribution in [3.63, 3.8) is 0 Å². The Bertz CT molecular complexity index is 1440. The third-order valence-electron chi connectivity index (χ3n) is 5.74. The van der Waals surface area contributed by atoms with Crippen molar-refractivity contribution in [1.82, 2.24) is 16.0 Å². The lowest BCUT2D eigenvalue weighted by Gasteiger charge is -2.20. The third kappa shape index (κ3) is 6.81. The fourth-order valence-corrected chi connectivity index (χ4v) is 5.80. The number of carbonyl (C=O) groups is 4. The van der Waals surface area contributed by atoms with Crippen LogP contribution in [0.4, 0.5) is 0 Å². The van der Waals surface area contributed by atoms with Gasteiger partial charge in [0.25, 0.3) is 11.8 Å². The first-order valence-corrected chi connectivity index (χ1v) is 13.5. The van der Waals surface area contributed by atoms with Crippen molar-refractivity contribution >= 4 is 72.7 Å². The molecule has 2 aromatic carbocycles. The molecule has 0 aliphatic carbocycles. The van der Waals surface area contributed by atoms with Gasteiger partial charge >= 0.3 is 0 Å². The lowest BCUT2D eigenvalue weighted by Crippen LogP contribution is -2.51. The van der Waals surface area contributed by atoms with Crippen molar-refractivity contribution in [3.05, 3.63) is 70.4 Å². The lowest BCUT2D eigenvalue weighted by molar-refractivity contribution is -0.123. The first-order valence-electron chi connectivity index (χ1n) is 11.9. The number of primary amides is 1. The monoisotopic (exact) mass is 549 g/mol. The van der Waals surface area contributed by atoms with Crippen molar-refractivity contribution in [1.29, 1.82) is 0 Å². The van der Waals surface area contributed by atoms with Gasteiger partial charge in [0, 0.05) is 35.6 Å². The Kier molecular flexibility index (Phi) is 8.82. The van der Waals surface area contributed by atoms with E-state index in [2.05, 4.69) is 20.9 Å². The molecule has 0 saturated heterocycles. The van der Waals surface area contributed by atoms with E-state index in [0.717, 1.165) is 20.2 Å². The van der Waals surface area contributed by atoms with Gasteiger partial charge in [-0.15, -0.1) is 22.7 Å². The summed E-state index contributed by atoms with van der Waals surface area (Å²) in [6.45, 7) is 0.0403. The van der Waals surface area contributed by atoms with E-state index < -0.39 is 29.8 Å². The van der Waals surface area contributed by atoms with Gasteiger partial charge in [-0.05, 0) is 41.5 Å². The Hall–Kier alpha value is -4.09. The number of nitrogens with zero attached hydrogens (tertiary/aromatic N) is 1. The molecule has 4 rings (SSSR count). The van der Waals surface area contributed by atoms with Gasteiger partial charge in [-0.2, -0.15) is 0 Å². The van der Waals surface area contributed by atoms with E-state index in [9.17, 15) is 19.2 Å². The second kappa shape index (κ2) is 12.4. The average molecular weight is 550 g/mol. The van der Waals surface area contributed by atoms with Gasteiger partial charge < -0.3 is 21.7 Å². The second-order valence-corrected chi connectivity index (χ2v) is 10.7. The quantitative estimate of drug-likeness (QED) is 0.213. The van der Waals surface area contributed by atoms with Crippen LogP contribution in [0.1, 0.15) is 32.2 Å². The number of rotatable bonds is 11. The van der Waals surface area contributed by atoms with Gasteiger partial charge in [-0.1, -0.05) is 36.4 Å². The number of amides is 4. The Morgan fingerprint density at radius 1 is 0.895 bits per heavy atom. The standard InChI is InChI=1S/C27H27N5O4S2/c1-29-14-18(31-26(35)22-12-16-6-2-4-8-20(16)37-22)15-30-25(34)19(10-11-24(28)33)32-27(36)23-13-17-7-3-5-9-21(17)38-23/h2-9,12-14,18-19H,10-11,15H2,1H3,(H2,28,33)(H,30,34)(H,31,35)(H,32,36). The van der Waals surface area contributed by atoms with Crippen LogP contribution in [0.2, 0.25) is 0 Å². The van der Waals surface area contributed by atoms with Crippen molar-refractivity contribution in [3.8, 4) is 0 Å². The van der Waals surface area contributed by atoms with Gasteiger partial charge in [-0.25, -0.2) is 0 Å². The summed E-state index contributed by atoms with van der Waals surface area (Å²) in [5.41, 5.74) is 5.29. The van der Waals surface area contributed by atoms with Crippen LogP contribution in [0, 0.1) is 0 Å². The summed E-state index contributed by atoms with van der Waals surface area (Å²) in [6.07, 6.45) is 1.49. The SMILES string of the molecule is CN=CC(CNC(=O)C(CCC(N)=O)NC(=O)c1cc2ccccc2s1)NC(=O)c1cc2ccccc2s1. The minimum Gasteiger partial charge on any atom is -0.370 e. The number of nitrogens with one attached hydrogen (secondary N) is 3. The molecule has 0 saturated carbocycles. The molecule has 0 spiro atoms. The van der Waals surface area contributed by atoms with Crippen molar-refractivity contribution in [2.75, 3.05) is 13.6 Å². The number of thiophene rings is 2. The second-order valence-electron chi connectivity index (χ2n) is 8.56. The number of carbonyl (C=O) groups excluding carboxylic acids is 4. The zero-order valence-electron chi connectivity index (χ0n) is 20.6. The molecule has 2 aromatic heterocycles. The molecule has 0 fully saturated rings. The first kappa shape index (κ1) is 27.0. The zero-order valence-corrected chi connectivity index (χ0v) is 22.2. The molecule has 11 heteroatoms. The molecule has 0 aliphatic rings. The smallest absolute Gasteiger partial charge is 0.262 e. The Morgan fingerprint density at radius 3 is 1.97 bits per heavy atom. The van der Waals surface area contributed by atoms with Crippen LogP contribution in [-0.2, 0) is 9.59 Å². The summed E-state index contributed by atoms with van der Waals surface area (Å²) < 4.78 is 1.95. The minimum atomic E-state index is -0.988. The van der Waals surface area contributed by atoms with Crippen LogP contribution < -0.4 is 21.7 Å². The van der Waals surface area contributed by atoms with E-state index in [1.165, 1.54) is 28.9 Å². The third-order valence-corrected chi connectivity index (χ3v) is 7.97. The number of hydrogen-bond donors (Lipinski definition) is 4. The van der Waals surface area contributed by atoms with Gasteiger partial charge in [0.1, 0.15) is 6.04 Å². The van der Waals surface area contributed by atoms with Crippen LogP contribution in [0.3, 0.4) is 0 Å². The lowest BCUT2D eigenvalue weighted by atomic mass is 10.1. The van der Waals surface area contributed by atoms with E-state index in [1.54, 1.807) is 13.1 Å². The molecule has 2 unspecified atom stereocenters. The summed E-state index contributed by atoms with van der Waals surface area (Å²) in [7, 11) is 1.57. The molecular formula is C27H27N5O4S2. The van der Waals surface area contributed by atoms with Crippen molar-refractivity contribution in [2.24, 2.45) is 10.7 Å². The van der Waals surface area contributed by atoms with Crippen LogP contribution in [0.15, 0.2) is 65.7 Å². The molecule has 2 atom stereocenters. The Labute approximate surface area is 227 Å². The molecule has 38 heavy (non-hydrogen) atoms. The summed E-state index contributed by atoms with van der Waals surface area (Å²) in [6, 6.07) is 17.3. The summed E-state index contributed by atoms with van der Waals surface area (Å²) in [5, 5.41) is 10.2. The molecule has 0 aliphatic heterocycles. The molecule has 4 amide bonds. The molecule has 196 valence electrons. The maximum absolute atomic E-state index is 13.0. The van der Waals surface area contributed by atoms with Crippen molar-refractivity contribution < 1.29 is 19.2 Å². The predicted octanol–water partition coefficient (Wildman–Crippen LogP) is 3.10. The van der Waals surface area contributed by atoms with Gasteiger partial charge in [0.05, 0.1) is 15.8 Å². The maximum Gasteiger partial charge on any atom is 0.262 e. The molecule has 5 N–H and O–H groups in total.